The largest absolute Gasteiger partial charge is 0.314 e. The molecule has 1 fully saturated rings. The minimum absolute atomic E-state index is 0. The highest BCUT2D eigenvalue weighted by molar-refractivity contribution is 9.10. The summed E-state index contributed by atoms with van der Waals surface area (Å²) in [5.41, 5.74) is -0.0334. The molecule has 0 bridgehead atoms. The predicted octanol–water partition coefficient (Wildman–Crippen LogP) is 3.46. The number of hydrogen-bond donors (Lipinski definition) is 1. The van der Waals surface area contributed by atoms with Crippen molar-refractivity contribution in [1.82, 2.24) is 10.2 Å². The zero-order valence-electron chi connectivity index (χ0n) is 10.8. The highest BCUT2D eigenvalue weighted by atomic mass is 79.9. The second-order valence-corrected chi connectivity index (χ2v) is 5.39. The Morgan fingerprint density at radius 1 is 1.25 bits per heavy atom. The fraction of sp³-hybridized carbons (Fsp3) is 0.538. The van der Waals surface area contributed by atoms with E-state index in [2.05, 4.69) is 21.2 Å². The molecule has 2 nitrogen and oxygen atoms in total. The lowest BCUT2D eigenvalue weighted by Crippen LogP contribution is -2.45. The van der Waals surface area contributed by atoms with Gasteiger partial charge in [-0.1, -0.05) is 0 Å². The van der Waals surface area contributed by atoms with Gasteiger partial charge < -0.3 is 5.32 Å². The van der Waals surface area contributed by atoms with Crippen LogP contribution in [-0.4, -0.2) is 37.8 Å². The van der Waals surface area contributed by atoms with Crippen LogP contribution < -0.4 is 5.32 Å². The lowest BCUT2D eigenvalue weighted by atomic mass is 10.0. The van der Waals surface area contributed by atoms with Gasteiger partial charge in [0.15, 0.2) is 0 Å². The molecule has 1 heterocycles. The Morgan fingerprint density at radius 2 is 1.90 bits per heavy atom. The zero-order chi connectivity index (χ0) is 13.8. The summed E-state index contributed by atoms with van der Waals surface area (Å²) in [5.74, 6) is -1.24. The third-order valence-electron chi connectivity index (χ3n) is 3.39. The van der Waals surface area contributed by atoms with Crippen molar-refractivity contribution in [2.45, 2.75) is 12.5 Å². The summed E-state index contributed by atoms with van der Waals surface area (Å²) in [6.45, 7) is 2.23. The second kappa shape index (κ2) is 8.22. The Morgan fingerprint density at radius 3 is 2.50 bits per heavy atom. The van der Waals surface area contributed by atoms with Gasteiger partial charge in [0.05, 0.1) is 11.1 Å². The molecular weight excluding hydrogens is 357 g/mol. The van der Waals surface area contributed by atoms with Crippen molar-refractivity contribution in [3.63, 3.8) is 0 Å². The number of nitrogens with zero attached hydrogens (tertiary/aromatic N) is 1. The summed E-state index contributed by atoms with van der Waals surface area (Å²) in [7, 11) is 0. The van der Waals surface area contributed by atoms with Gasteiger partial charge in [0.2, 0.25) is 0 Å². The highest BCUT2D eigenvalue weighted by Gasteiger charge is 2.28. The minimum Gasteiger partial charge on any atom is -0.314 e. The number of benzene rings is 1. The van der Waals surface area contributed by atoms with E-state index in [1.165, 1.54) is 12.1 Å². The predicted molar refractivity (Wildman–Crippen MR) is 79.1 cm³/mol. The molecule has 1 N–H and O–H groups in total. The van der Waals surface area contributed by atoms with Gasteiger partial charge in [-0.25, -0.2) is 8.78 Å². The van der Waals surface area contributed by atoms with Gasteiger partial charge in [0.1, 0.15) is 11.6 Å². The van der Waals surface area contributed by atoms with Crippen LogP contribution in [0.25, 0.3) is 0 Å². The summed E-state index contributed by atoms with van der Waals surface area (Å²) in [4.78, 5) is 1.93. The number of hydrogen-bond acceptors (Lipinski definition) is 2. The molecule has 0 amide bonds. The smallest absolute Gasteiger partial charge is 0.145 e. The standard InChI is InChI=1S/C13H16BrF3N2.ClH/c14-9-1-2-10(16)12(13(9)17)11(3-4-15)19-7-5-18-6-8-19;/h1-2,11,18H,3-8H2;1H/t11-;/m0./s1. The van der Waals surface area contributed by atoms with Crippen molar-refractivity contribution in [3.05, 3.63) is 33.8 Å². The number of rotatable bonds is 4. The first-order chi connectivity index (χ1) is 9.15. The molecule has 114 valence electrons. The van der Waals surface area contributed by atoms with Crippen molar-refractivity contribution >= 4 is 28.3 Å². The van der Waals surface area contributed by atoms with Gasteiger partial charge >= 0.3 is 0 Å². The van der Waals surface area contributed by atoms with Gasteiger partial charge in [0.25, 0.3) is 0 Å². The lowest BCUT2D eigenvalue weighted by Gasteiger charge is -2.35. The van der Waals surface area contributed by atoms with Gasteiger partial charge in [-0.05, 0) is 34.5 Å². The van der Waals surface area contributed by atoms with Crippen LogP contribution in [0.3, 0.4) is 0 Å². The van der Waals surface area contributed by atoms with E-state index in [4.69, 9.17) is 0 Å². The van der Waals surface area contributed by atoms with Gasteiger partial charge in [-0.2, -0.15) is 0 Å². The van der Waals surface area contributed by atoms with Crippen LogP contribution in [0.4, 0.5) is 13.2 Å². The maximum atomic E-state index is 14.1. The molecule has 1 saturated heterocycles. The average Bonchev–Trinajstić information content (AvgIpc) is 2.43. The molecule has 0 aromatic heterocycles. The molecule has 0 aliphatic carbocycles. The van der Waals surface area contributed by atoms with Crippen LogP contribution in [0.2, 0.25) is 0 Å². The van der Waals surface area contributed by atoms with Crippen molar-refractivity contribution in [2.75, 3.05) is 32.9 Å². The van der Waals surface area contributed by atoms with Gasteiger partial charge in [-0.15, -0.1) is 12.4 Å². The Hall–Kier alpha value is -0.300. The summed E-state index contributed by atoms with van der Waals surface area (Å²) >= 11 is 3.06. The van der Waals surface area contributed by atoms with Crippen LogP contribution in [0.1, 0.15) is 18.0 Å². The SMILES string of the molecule is Cl.FCC[C@@H](c1c(F)ccc(Br)c1F)N1CCNCC1. The number of nitrogens with one attached hydrogen (secondary N) is 1. The highest BCUT2D eigenvalue weighted by Crippen LogP contribution is 2.32. The molecule has 1 aliphatic heterocycles. The first kappa shape index (κ1) is 17.8. The summed E-state index contributed by atoms with van der Waals surface area (Å²) in [6.07, 6.45) is 0.101. The molecule has 0 spiro atoms. The average molecular weight is 374 g/mol. The molecule has 1 aromatic rings. The maximum Gasteiger partial charge on any atom is 0.145 e. The fourth-order valence-corrected chi connectivity index (χ4v) is 2.80. The molecule has 0 unspecified atom stereocenters. The first-order valence-corrected chi connectivity index (χ1v) is 7.08. The molecule has 1 aromatic carbocycles. The van der Waals surface area contributed by atoms with E-state index in [1.807, 2.05) is 4.90 Å². The van der Waals surface area contributed by atoms with Crippen molar-refractivity contribution in [3.8, 4) is 0 Å². The summed E-state index contributed by atoms with van der Waals surface area (Å²) in [6, 6.07) is 2.00. The minimum atomic E-state index is -0.628. The Balaban J connectivity index is 0.00000200. The first-order valence-electron chi connectivity index (χ1n) is 6.29. The fourth-order valence-electron chi connectivity index (χ4n) is 2.45. The lowest BCUT2D eigenvalue weighted by molar-refractivity contribution is 0.151. The molecular formula is C13H17BrClF3N2. The van der Waals surface area contributed by atoms with Gasteiger partial charge in [-0.3, -0.25) is 9.29 Å². The van der Waals surface area contributed by atoms with E-state index in [0.29, 0.717) is 13.1 Å². The van der Waals surface area contributed by atoms with E-state index in [1.54, 1.807) is 0 Å². The normalized spacial score (nSPS) is 17.6. The Labute approximate surface area is 131 Å². The van der Waals surface area contributed by atoms with Crippen LogP contribution >= 0.6 is 28.3 Å². The van der Waals surface area contributed by atoms with Crippen molar-refractivity contribution < 1.29 is 13.2 Å². The van der Waals surface area contributed by atoms with Crippen LogP contribution in [0.15, 0.2) is 16.6 Å². The van der Waals surface area contributed by atoms with E-state index in [-0.39, 0.29) is 28.9 Å². The van der Waals surface area contributed by atoms with E-state index in [9.17, 15) is 13.2 Å². The molecule has 1 atom stereocenters. The monoisotopic (exact) mass is 372 g/mol. The third-order valence-corrected chi connectivity index (χ3v) is 4.00. The molecule has 0 radical (unpaired) electrons. The Bertz CT molecular complexity index is 442. The third kappa shape index (κ3) is 3.87. The molecule has 1 aliphatic rings. The van der Waals surface area contributed by atoms with Crippen molar-refractivity contribution in [2.24, 2.45) is 0 Å². The van der Waals surface area contributed by atoms with Crippen LogP contribution in [0.5, 0.6) is 0 Å². The van der Waals surface area contributed by atoms with E-state index >= 15 is 0 Å². The molecule has 2 rings (SSSR count). The molecule has 7 heteroatoms. The number of halogens is 5. The quantitative estimate of drug-likeness (QED) is 0.813. The summed E-state index contributed by atoms with van der Waals surface area (Å²) < 4.78 is 41.0. The summed E-state index contributed by atoms with van der Waals surface area (Å²) in [5, 5.41) is 3.17. The van der Waals surface area contributed by atoms with E-state index < -0.39 is 24.4 Å². The van der Waals surface area contributed by atoms with Crippen LogP contribution in [0, 0.1) is 11.6 Å². The van der Waals surface area contributed by atoms with Gasteiger partial charge in [0, 0.05) is 37.8 Å². The topological polar surface area (TPSA) is 15.3 Å². The Kier molecular flexibility index (Phi) is 7.29. The maximum absolute atomic E-state index is 14.1. The second-order valence-electron chi connectivity index (χ2n) is 4.54. The number of piperazine rings is 1. The number of alkyl halides is 1. The zero-order valence-corrected chi connectivity index (χ0v) is 13.2. The van der Waals surface area contributed by atoms with Crippen molar-refractivity contribution in [1.29, 1.82) is 0 Å². The van der Waals surface area contributed by atoms with E-state index in [0.717, 1.165) is 13.1 Å². The molecule has 20 heavy (non-hydrogen) atoms. The molecule has 0 saturated carbocycles. The van der Waals surface area contributed by atoms with Crippen LogP contribution in [-0.2, 0) is 0 Å².